The molecule has 0 amide bonds. The largest absolute Gasteiger partial charge is 0.207 e. The van der Waals surface area contributed by atoms with Gasteiger partial charge in [-0.3, -0.25) is 0 Å². The Hall–Kier alpha value is -2.03. The summed E-state index contributed by atoms with van der Waals surface area (Å²) in [6.45, 7) is 1.75. The molecule has 0 heterocycles. The minimum absolute atomic E-state index is 0.0195. The van der Waals surface area contributed by atoms with E-state index >= 15 is 0 Å². The zero-order valence-corrected chi connectivity index (χ0v) is 16.4. The molecule has 0 nitrogen and oxygen atoms in total. The van der Waals surface area contributed by atoms with Gasteiger partial charge in [0, 0.05) is 0 Å². The molecular formula is C25H27F3. The van der Waals surface area contributed by atoms with Gasteiger partial charge in [0.15, 0.2) is 11.6 Å². The van der Waals surface area contributed by atoms with Gasteiger partial charge in [-0.15, -0.1) is 0 Å². The van der Waals surface area contributed by atoms with E-state index in [9.17, 15) is 13.2 Å². The van der Waals surface area contributed by atoms with E-state index < -0.39 is 11.6 Å². The van der Waals surface area contributed by atoms with E-state index in [1.54, 1.807) is 25.1 Å². The molecule has 2 aromatic carbocycles. The number of hydrogen-bond donors (Lipinski definition) is 0. The highest BCUT2D eigenvalue weighted by Crippen LogP contribution is 2.40. The molecule has 2 aromatic rings. The van der Waals surface area contributed by atoms with Crippen molar-refractivity contribution in [3.63, 3.8) is 0 Å². The van der Waals surface area contributed by atoms with Crippen LogP contribution in [0.15, 0.2) is 36.4 Å². The maximum Gasteiger partial charge on any atom is 0.162 e. The maximum atomic E-state index is 14.9. The molecule has 28 heavy (non-hydrogen) atoms. The standard InChI is InChI=1S/C25H27F3/c1-16-7-8-20(15-23(16)26)17-9-11-19(12-10-17)22-14-13-21(24(27)25(22)28)18-5-3-2-4-6-18/h7-9,13-15,18-19H,2-6,10-12H2,1H3. The van der Waals surface area contributed by atoms with Gasteiger partial charge < -0.3 is 0 Å². The van der Waals surface area contributed by atoms with Crippen molar-refractivity contribution in [2.24, 2.45) is 0 Å². The van der Waals surface area contributed by atoms with Gasteiger partial charge >= 0.3 is 0 Å². The zero-order valence-electron chi connectivity index (χ0n) is 16.4. The molecule has 2 aliphatic rings. The highest BCUT2D eigenvalue weighted by molar-refractivity contribution is 5.67. The van der Waals surface area contributed by atoms with Gasteiger partial charge in [-0.1, -0.05) is 49.6 Å². The second-order valence-electron chi connectivity index (χ2n) is 8.37. The minimum Gasteiger partial charge on any atom is -0.207 e. The molecule has 0 aromatic heterocycles. The molecule has 1 fully saturated rings. The summed E-state index contributed by atoms with van der Waals surface area (Å²) in [5.41, 5.74) is 3.66. The first kappa shape index (κ1) is 19.3. The Labute approximate surface area is 165 Å². The third-order valence-corrected chi connectivity index (χ3v) is 6.58. The summed E-state index contributed by atoms with van der Waals surface area (Å²) in [5, 5.41) is 0. The lowest BCUT2D eigenvalue weighted by Crippen LogP contribution is -2.12. The fraction of sp³-hybridized carbons (Fsp3) is 0.440. The smallest absolute Gasteiger partial charge is 0.162 e. The van der Waals surface area contributed by atoms with Gasteiger partial charge in [-0.05, 0) is 84.8 Å². The Morgan fingerprint density at radius 3 is 2.07 bits per heavy atom. The predicted molar refractivity (Wildman–Crippen MR) is 108 cm³/mol. The summed E-state index contributed by atoms with van der Waals surface area (Å²) >= 11 is 0. The van der Waals surface area contributed by atoms with Crippen LogP contribution in [0.25, 0.3) is 5.57 Å². The van der Waals surface area contributed by atoms with E-state index in [1.165, 1.54) is 6.42 Å². The van der Waals surface area contributed by atoms with E-state index in [0.717, 1.165) is 49.7 Å². The number of rotatable bonds is 3. The second-order valence-corrected chi connectivity index (χ2v) is 8.37. The van der Waals surface area contributed by atoms with Gasteiger partial charge in [-0.2, -0.15) is 0 Å². The van der Waals surface area contributed by atoms with E-state index in [4.69, 9.17) is 0 Å². The number of allylic oxidation sites excluding steroid dienone is 2. The summed E-state index contributed by atoms with van der Waals surface area (Å²) in [6, 6.07) is 8.91. The van der Waals surface area contributed by atoms with Crippen molar-refractivity contribution < 1.29 is 13.2 Å². The Kier molecular flexibility index (Phi) is 5.61. The van der Waals surface area contributed by atoms with Gasteiger partial charge in [0.05, 0.1) is 0 Å². The molecule has 4 rings (SSSR count). The van der Waals surface area contributed by atoms with Crippen LogP contribution in [0.5, 0.6) is 0 Å². The van der Waals surface area contributed by atoms with Gasteiger partial charge in [0.1, 0.15) is 5.82 Å². The highest BCUT2D eigenvalue weighted by atomic mass is 19.2. The molecule has 1 unspecified atom stereocenters. The Morgan fingerprint density at radius 2 is 1.46 bits per heavy atom. The first-order valence-electron chi connectivity index (χ1n) is 10.5. The van der Waals surface area contributed by atoms with Crippen molar-refractivity contribution in [2.75, 3.05) is 0 Å². The van der Waals surface area contributed by atoms with Crippen molar-refractivity contribution >= 4 is 5.57 Å². The summed E-state index contributed by atoms with van der Waals surface area (Å²) < 4.78 is 43.5. The molecule has 0 saturated heterocycles. The molecular weight excluding hydrogens is 357 g/mol. The van der Waals surface area contributed by atoms with Crippen molar-refractivity contribution in [3.05, 3.63) is 76.1 Å². The average Bonchev–Trinajstić information content (AvgIpc) is 2.73. The monoisotopic (exact) mass is 384 g/mol. The van der Waals surface area contributed by atoms with Crippen molar-refractivity contribution in [1.29, 1.82) is 0 Å². The molecule has 1 atom stereocenters. The van der Waals surface area contributed by atoms with Crippen LogP contribution in [0.2, 0.25) is 0 Å². The third kappa shape index (κ3) is 3.76. The predicted octanol–water partition coefficient (Wildman–Crippen LogP) is 7.81. The molecule has 148 valence electrons. The van der Waals surface area contributed by atoms with E-state index in [0.29, 0.717) is 23.1 Å². The quantitative estimate of drug-likeness (QED) is 0.506. The molecule has 0 aliphatic heterocycles. The number of aryl methyl sites for hydroxylation is 1. The summed E-state index contributed by atoms with van der Waals surface area (Å²) in [4.78, 5) is 0. The number of hydrogen-bond acceptors (Lipinski definition) is 0. The first-order chi connectivity index (χ1) is 13.5. The lowest BCUT2D eigenvalue weighted by Gasteiger charge is -2.26. The average molecular weight is 384 g/mol. The molecule has 0 bridgehead atoms. The van der Waals surface area contributed by atoms with Crippen molar-refractivity contribution in [2.45, 2.75) is 70.1 Å². The van der Waals surface area contributed by atoms with E-state index in [-0.39, 0.29) is 17.7 Å². The lowest BCUT2D eigenvalue weighted by molar-refractivity contribution is 0.412. The van der Waals surface area contributed by atoms with Crippen LogP contribution in [-0.2, 0) is 0 Å². The van der Waals surface area contributed by atoms with Crippen LogP contribution in [0.3, 0.4) is 0 Å². The van der Waals surface area contributed by atoms with Gasteiger partial charge in [0.2, 0.25) is 0 Å². The van der Waals surface area contributed by atoms with Crippen LogP contribution in [0.4, 0.5) is 13.2 Å². The van der Waals surface area contributed by atoms with E-state index in [1.807, 2.05) is 12.1 Å². The summed E-state index contributed by atoms with van der Waals surface area (Å²) in [6.07, 6.45) is 9.53. The van der Waals surface area contributed by atoms with Gasteiger partial charge in [0.25, 0.3) is 0 Å². The number of halogens is 3. The van der Waals surface area contributed by atoms with Crippen molar-refractivity contribution in [1.82, 2.24) is 0 Å². The molecule has 3 heteroatoms. The molecule has 0 N–H and O–H groups in total. The highest BCUT2D eigenvalue weighted by Gasteiger charge is 2.26. The fourth-order valence-corrected chi connectivity index (χ4v) is 4.79. The second kappa shape index (κ2) is 8.14. The fourth-order valence-electron chi connectivity index (χ4n) is 4.79. The third-order valence-electron chi connectivity index (χ3n) is 6.58. The molecule has 2 aliphatic carbocycles. The Morgan fingerprint density at radius 1 is 0.786 bits per heavy atom. The van der Waals surface area contributed by atoms with Gasteiger partial charge in [-0.25, -0.2) is 13.2 Å². The van der Waals surface area contributed by atoms with E-state index in [2.05, 4.69) is 6.08 Å². The van der Waals surface area contributed by atoms with Crippen molar-refractivity contribution in [3.8, 4) is 0 Å². The zero-order chi connectivity index (χ0) is 19.7. The molecule has 0 radical (unpaired) electrons. The summed E-state index contributed by atoms with van der Waals surface area (Å²) in [5.74, 6) is -1.36. The Bertz CT molecular complexity index is 891. The van der Waals surface area contributed by atoms with Crippen LogP contribution in [0.1, 0.15) is 85.5 Å². The SMILES string of the molecule is Cc1ccc(C2=CCC(c3ccc(C4CCCCC4)c(F)c3F)CC2)cc1F. The van der Waals surface area contributed by atoms with Crippen LogP contribution < -0.4 is 0 Å². The topological polar surface area (TPSA) is 0 Å². The summed E-state index contributed by atoms with van der Waals surface area (Å²) in [7, 11) is 0. The lowest BCUT2D eigenvalue weighted by atomic mass is 9.80. The normalized spacial score (nSPS) is 20.9. The van der Waals surface area contributed by atoms with Crippen LogP contribution >= 0.6 is 0 Å². The molecule has 1 saturated carbocycles. The minimum atomic E-state index is -0.661. The van der Waals surface area contributed by atoms with Crippen LogP contribution in [-0.4, -0.2) is 0 Å². The Balaban J connectivity index is 1.53. The van der Waals surface area contributed by atoms with Crippen LogP contribution in [0, 0.1) is 24.4 Å². The molecule has 0 spiro atoms. The number of benzene rings is 2. The first-order valence-corrected chi connectivity index (χ1v) is 10.5. The maximum absolute atomic E-state index is 14.9.